The molecule has 192 valence electrons. The van der Waals surface area contributed by atoms with Crippen LogP contribution < -0.4 is 21.4 Å². The molecule has 2 amide bonds. The van der Waals surface area contributed by atoms with Crippen molar-refractivity contribution in [1.29, 1.82) is 0 Å². The van der Waals surface area contributed by atoms with Crippen LogP contribution in [0.5, 0.6) is 0 Å². The number of carbonyl (C=O) groups is 3. The first-order valence-corrected chi connectivity index (χ1v) is 13.2. The monoisotopic (exact) mass is 534 g/mol. The van der Waals surface area contributed by atoms with Crippen LogP contribution in [0, 0.1) is 5.41 Å². The number of aliphatic carboxylic acids is 1. The predicted molar refractivity (Wildman–Crippen MR) is 134 cm³/mol. The van der Waals surface area contributed by atoms with Gasteiger partial charge in [0.15, 0.2) is 23.2 Å². The summed E-state index contributed by atoms with van der Waals surface area (Å²) in [5.41, 5.74) is 10.3. The maximum atomic E-state index is 13.1. The molecule has 6 N–H and O–H groups in total. The summed E-state index contributed by atoms with van der Waals surface area (Å²) < 4.78 is 1.92. The number of amides is 2. The van der Waals surface area contributed by atoms with Crippen LogP contribution in [0.25, 0.3) is 0 Å². The molecule has 4 heterocycles. The van der Waals surface area contributed by atoms with Gasteiger partial charge in [0.2, 0.25) is 5.91 Å². The SMILES string of the molecule is CC(CN)ON=C(C(=O)NC1C(=O)N2CC(CC[n+]3ccccc3)(C(=O)O)CS[C@H]12)c1csc(N)n1. The minimum atomic E-state index is -1.08. The van der Waals surface area contributed by atoms with Crippen molar-refractivity contribution in [3.63, 3.8) is 0 Å². The number of rotatable bonds is 10. The number of thiazole rings is 1. The number of aryl methyl sites for hydroxylation is 1. The second-order valence-corrected chi connectivity index (χ2v) is 10.7. The zero-order chi connectivity index (χ0) is 25.9. The molecule has 0 radical (unpaired) electrons. The predicted octanol–water partition coefficient (Wildman–Crippen LogP) is -0.358. The van der Waals surface area contributed by atoms with Gasteiger partial charge in [-0.25, -0.2) is 9.55 Å². The second kappa shape index (κ2) is 10.8. The van der Waals surface area contributed by atoms with Crippen LogP contribution in [0.4, 0.5) is 5.13 Å². The molecular formula is C22H28N7O5S2+. The standard InChI is InChI=1S/C22H27N7O5S2/c1-13(9-23)34-27-15(14-10-35-21(24)25-14)17(30)26-16-18(31)29-11-22(20(32)33,12-36-19(16)29)5-8-28-6-3-2-4-7-28/h2-4,6-7,10,13,16,19H,5,8-9,11-12,23H2,1H3,(H3-,24,25,26,30,32,33)/p+1/t13?,16?,19-,22?/m1/s1. The van der Waals surface area contributed by atoms with Crippen molar-refractivity contribution in [3.05, 3.63) is 41.7 Å². The summed E-state index contributed by atoms with van der Waals surface area (Å²) in [5.74, 6) is -1.60. The zero-order valence-corrected chi connectivity index (χ0v) is 21.2. The molecule has 2 aromatic heterocycles. The van der Waals surface area contributed by atoms with Gasteiger partial charge in [0.1, 0.15) is 35.2 Å². The number of carboxylic acids is 1. The van der Waals surface area contributed by atoms with E-state index in [2.05, 4.69) is 15.5 Å². The molecular weight excluding hydrogens is 506 g/mol. The Bertz CT molecular complexity index is 1160. The van der Waals surface area contributed by atoms with E-state index in [-0.39, 0.29) is 40.9 Å². The van der Waals surface area contributed by atoms with Crippen molar-refractivity contribution in [1.82, 2.24) is 15.2 Å². The highest BCUT2D eigenvalue weighted by molar-refractivity contribution is 8.00. The molecule has 4 atom stereocenters. The first kappa shape index (κ1) is 25.9. The Morgan fingerprint density at radius 1 is 1.42 bits per heavy atom. The van der Waals surface area contributed by atoms with Gasteiger partial charge in [-0.1, -0.05) is 11.2 Å². The van der Waals surface area contributed by atoms with E-state index in [1.54, 1.807) is 12.3 Å². The van der Waals surface area contributed by atoms with E-state index in [1.165, 1.54) is 16.7 Å². The van der Waals surface area contributed by atoms with E-state index in [4.69, 9.17) is 16.3 Å². The fourth-order valence-corrected chi connectivity index (χ4v) is 6.07. The zero-order valence-electron chi connectivity index (χ0n) is 19.6. The van der Waals surface area contributed by atoms with E-state index >= 15 is 0 Å². The van der Waals surface area contributed by atoms with Gasteiger partial charge in [-0.05, 0) is 6.92 Å². The Hall–Kier alpha value is -3.23. The Kier molecular flexibility index (Phi) is 7.76. The number of nitrogens with zero attached hydrogens (tertiary/aromatic N) is 4. The lowest BCUT2D eigenvalue weighted by atomic mass is 9.83. The first-order valence-electron chi connectivity index (χ1n) is 11.3. The molecule has 0 saturated carbocycles. The van der Waals surface area contributed by atoms with Crippen LogP contribution in [-0.2, 0) is 25.8 Å². The highest BCUT2D eigenvalue weighted by atomic mass is 32.2. The number of oxime groups is 1. The largest absolute Gasteiger partial charge is 0.481 e. The minimum Gasteiger partial charge on any atom is -0.481 e. The molecule has 0 bridgehead atoms. The average Bonchev–Trinajstić information content (AvgIpc) is 3.31. The van der Waals surface area contributed by atoms with Crippen molar-refractivity contribution in [2.45, 2.75) is 37.4 Å². The summed E-state index contributed by atoms with van der Waals surface area (Å²) in [6.07, 6.45) is 3.69. The number of nitrogens with two attached hydrogens (primary N) is 2. The number of anilines is 1. The maximum absolute atomic E-state index is 13.1. The Morgan fingerprint density at radius 2 is 2.17 bits per heavy atom. The summed E-state index contributed by atoms with van der Waals surface area (Å²) in [6, 6.07) is 4.84. The molecule has 2 saturated heterocycles. The van der Waals surface area contributed by atoms with Crippen LogP contribution >= 0.6 is 23.1 Å². The van der Waals surface area contributed by atoms with E-state index < -0.39 is 29.4 Å². The van der Waals surface area contributed by atoms with Gasteiger partial charge in [-0.3, -0.25) is 14.4 Å². The number of fused-ring (bicyclic) bond motifs is 1. The fourth-order valence-electron chi connectivity index (χ4n) is 3.94. The van der Waals surface area contributed by atoms with E-state index in [0.717, 1.165) is 11.3 Å². The summed E-state index contributed by atoms with van der Waals surface area (Å²) in [6.45, 7) is 2.49. The summed E-state index contributed by atoms with van der Waals surface area (Å²) in [5, 5.41) is 18.1. The number of hydrogen-bond acceptors (Lipinski definition) is 10. The number of nitrogens with one attached hydrogen (secondary N) is 1. The number of carboxylic acid groups (broad SMARTS) is 1. The van der Waals surface area contributed by atoms with Crippen molar-refractivity contribution in [3.8, 4) is 0 Å². The molecule has 0 aliphatic carbocycles. The third-order valence-electron chi connectivity index (χ3n) is 6.15. The number of pyridine rings is 1. The molecule has 2 fully saturated rings. The Balaban J connectivity index is 1.43. The Morgan fingerprint density at radius 3 is 2.81 bits per heavy atom. The van der Waals surface area contributed by atoms with Gasteiger partial charge in [0.05, 0.1) is 0 Å². The van der Waals surface area contributed by atoms with Gasteiger partial charge in [-0.15, -0.1) is 23.1 Å². The van der Waals surface area contributed by atoms with Gasteiger partial charge >= 0.3 is 5.97 Å². The number of thioether (sulfide) groups is 1. The number of carbonyl (C=O) groups excluding carboxylic acids is 2. The number of hydrogen-bond donors (Lipinski definition) is 4. The molecule has 36 heavy (non-hydrogen) atoms. The first-order chi connectivity index (χ1) is 17.2. The summed E-state index contributed by atoms with van der Waals surface area (Å²) in [4.78, 5) is 49.2. The van der Waals surface area contributed by atoms with Crippen molar-refractivity contribution >= 4 is 51.7 Å². The highest BCUT2D eigenvalue weighted by Crippen LogP contribution is 2.43. The summed E-state index contributed by atoms with van der Waals surface area (Å²) >= 11 is 2.49. The van der Waals surface area contributed by atoms with E-state index in [1.807, 2.05) is 35.2 Å². The third-order valence-corrected chi connectivity index (χ3v) is 8.41. The topological polar surface area (TPSA) is 177 Å². The molecule has 2 aliphatic rings. The highest BCUT2D eigenvalue weighted by Gasteiger charge is 2.57. The average molecular weight is 535 g/mol. The van der Waals surface area contributed by atoms with Crippen LogP contribution in [0.15, 0.2) is 41.1 Å². The third kappa shape index (κ3) is 5.29. The van der Waals surface area contributed by atoms with Gasteiger partial charge in [-0.2, -0.15) is 0 Å². The van der Waals surface area contributed by atoms with E-state index in [9.17, 15) is 19.5 Å². The van der Waals surface area contributed by atoms with Gasteiger partial charge in [0.25, 0.3) is 5.91 Å². The summed E-state index contributed by atoms with van der Waals surface area (Å²) in [7, 11) is 0. The lowest BCUT2D eigenvalue weighted by molar-refractivity contribution is -0.698. The van der Waals surface area contributed by atoms with Crippen LogP contribution in [0.3, 0.4) is 0 Å². The van der Waals surface area contributed by atoms with Gasteiger partial charge < -0.3 is 31.6 Å². The number of nitrogen functional groups attached to an aromatic ring is 1. The van der Waals surface area contributed by atoms with Crippen LogP contribution in [0.2, 0.25) is 0 Å². The normalized spacial score (nSPS) is 24.4. The maximum Gasteiger partial charge on any atom is 0.312 e. The molecule has 12 nitrogen and oxygen atoms in total. The van der Waals surface area contributed by atoms with E-state index in [0.29, 0.717) is 18.7 Å². The van der Waals surface area contributed by atoms with Crippen LogP contribution in [-0.4, -0.2) is 74.8 Å². The molecule has 14 heteroatoms. The van der Waals surface area contributed by atoms with Crippen LogP contribution in [0.1, 0.15) is 19.0 Å². The second-order valence-electron chi connectivity index (χ2n) is 8.73. The lowest BCUT2D eigenvalue weighted by Crippen LogP contribution is -2.74. The number of aromatic nitrogens is 2. The van der Waals surface area contributed by atoms with Gasteiger partial charge in [0, 0.05) is 42.8 Å². The lowest BCUT2D eigenvalue weighted by Gasteiger charge is -2.53. The molecule has 0 aromatic carbocycles. The molecule has 3 unspecified atom stereocenters. The minimum absolute atomic E-state index is 0.0826. The molecule has 0 spiro atoms. The molecule has 2 aromatic rings. The number of β-lactam (4-membered cyclic amide) rings is 1. The van der Waals surface area contributed by atoms with Crippen molar-refractivity contribution in [2.24, 2.45) is 16.3 Å². The quantitative estimate of drug-likeness (QED) is 0.137. The fraction of sp³-hybridized carbons (Fsp3) is 0.455. The van der Waals surface area contributed by atoms with Crippen molar-refractivity contribution < 1.29 is 28.9 Å². The molecule has 2 aliphatic heterocycles. The van der Waals surface area contributed by atoms with Crippen molar-refractivity contribution in [2.75, 3.05) is 24.6 Å². The smallest absolute Gasteiger partial charge is 0.312 e. The molecule has 4 rings (SSSR count). The Labute approximate surface area is 215 Å².